The van der Waals surface area contributed by atoms with Gasteiger partial charge in [-0.1, -0.05) is 23.2 Å². The Bertz CT molecular complexity index is 544. The molecule has 1 aromatic heterocycles. The third kappa shape index (κ3) is 2.62. The van der Waals surface area contributed by atoms with Gasteiger partial charge in [-0.05, 0) is 44.5 Å². The number of nitrogens with zero attached hydrogens (tertiary/aromatic N) is 1. The van der Waals surface area contributed by atoms with Gasteiger partial charge < -0.3 is 5.32 Å². The van der Waals surface area contributed by atoms with E-state index in [1.165, 1.54) is 0 Å². The Balaban J connectivity index is 2.27. The van der Waals surface area contributed by atoms with Crippen molar-refractivity contribution in [1.82, 2.24) is 10.2 Å². The molecule has 1 atom stereocenters. The second-order valence-electron chi connectivity index (χ2n) is 4.34. The zero-order chi connectivity index (χ0) is 13.3. The Hall–Kier alpha value is -1.19. The second-order valence-corrected chi connectivity index (χ2v) is 5.18. The zero-order valence-electron chi connectivity index (χ0n) is 10.5. The lowest BCUT2D eigenvalue weighted by molar-refractivity contribution is 0.881. The minimum Gasteiger partial charge on any atom is -0.375 e. The molecule has 1 unspecified atom stereocenters. The molecule has 0 amide bonds. The highest BCUT2D eigenvalue weighted by molar-refractivity contribution is 6.33. The molecule has 0 fully saturated rings. The van der Waals surface area contributed by atoms with Gasteiger partial charge in [-0.3, -0.25) is 5.10 Å². The van der Waals surface area contributed by atoms with Crippen LogP contribution in [0.3, 0.4) is 0 Å². The van der Waals surface area contributed by atoms with E-state index in [4.69, 9.17) is 23.2 Å². The van der Waals surface area contributed by atoms with Crippen molar-refractivity contribution in [2.24, 2.45) is 0 Å². The summed E-state index contributed by atoms with van der Waals surface area (Å²) in [5, 5.41) is 11.9. The fraction of sp³-hybridized carbons (Fsp3) is 0.308. The molecule has 18 heavy (non-hydrogen) atoms. The fourth-order valence-electron chi connectivity index (χ4n) is 1.90. The van der Waals surface area contributed by atoms with E-state index < -0.39 is 0 Å². The predicted octanol–water partition coefficient (Wildman–Crippen LogP) is 4.51. The van der Waals surface area contributed by atoms with Gasteiger partial charge >= 0.3 is 0 Å². The van der Waals surface area contributed by atoms with E-state index in [-0.39, 0.29) is 6.04 Å². The van der Waals surface area contributed by atoms with E-state index in [1.54, 1.807) is 6.07 Å². The molecule has 1 heterocycles. The van der Waals surface area contributed by atoms with Crippen molar-refractivity contribution in [3.63, 3.8) is 0 Å². The Kier molecular flexibility index (Phi) is 3.83. The van der Waals surface area contributed by atoms with Crippen LogP contribution < -0.4 is 5.32 Å². The van der Waals surface area contributed by atoms with E-state index in [2.05, 4.69) is 15.5 Å². The number of aromatic amines is 1. The minimum atomic E-state index is 0.0613. The molecule has 0 aliphatic heterocycles. The van der Waals surface area contributed by atoms with Crippen molar-refractivity contribution in [2.45, 2.75) is 26.8 Å². The monoisotopic (exact) mass is 283 g/mol. The lowest BCUT2D eigenvalue weighted by Gasteiger charge is -2.17. The second kappa shape index (κ2) is 5.21. The van der Waals surface area contributed by atoms with Gasteiger partial charge in [0.25, 0.3) is 0 Å². The first kappa shape index (κ1) is 13.2. The van der Waals surface area contributed by atoms with Crippen LogP contribution in [-0.2, 0) is 0 Å². The van der Waals surface area contributed by atoms with Crippen molar-refractivity contribution < 1.29 is 0 Å². The largest absolute Gasteiger partial charge is 0.375 e. The first-order chi connectivity index (χ1) is 8.49. The molecule has 2 aromatic rings. The third-order valence-electron chi connectivity index (χ3n) is 2.91. The van der Waals surface area contributed by atoms with Crippen molar-refractivity contribution >= 4 is 28.9 Å². The first-order valence-electron chi connectivity index (χ1n) is 5.72. The highest BCUT2D eigenvalue weighted by atomic mass is 35.5. The lowest BCUT2D eigenvalue weighted by atomic mass is 10.1. The molecule has 0 saturated heterocycles. The Morgan fingerprint density at radius 2 is 2.00 bits per heavy atom. The average molecular weight is 284 g/mol. The number of aryl methyl sites for hydroxylation is 2. The molecule has 1 aromatic carbocycles. The maximum absolute atomic E-state index is 6.19. The summed E-state index contributed by atoms with van der Waals surface area (Å²) < 4.78 is 0. The number of H-pyrrole nitrogens is 1. The van der Waals surface area contributed by atoms with Crippen LogP contribution in [0.4, 0.5) is 5.69 Å². The van der Waals surface area contributed by atoms with Crippen LogP contribution in [0, 0.1) is 13.8 Å². The Labute approximate surface area is 117 Å². The number of aromatic nitrogens is 2. The van der Waals surface area contributed by atoms with Crippen LogP contribution in [-0.4, -0.2) is 10.2 Å². The Morgan fingerprint density at radius 1 is 1.28 bits per heavy atom. The van der Waals surface area contributed by atoms with Crippen molar-refractivity contribution in [3.8, 4) is 0 Å². The van der Waals surface area contributed by atoms with Crippen LogP contribution in [0.15, 0.2) is 18.2 Å². The topological polar surface area (TPSA) is 40.7 Å². The predicted molar refractivity (Wildman–Crippen MR) is 76.6 cm³/mol. The van der Waals surface area contributed by atoms with Gasteiger partial charge in [-0.15, -0.1) is 0 Å². The highest BCUT2D eigenvalue weighted by Crippen LogP contribution is 2.30. The standard InChI is InChI=1S/C13H15Cl2N3/c1-7(11-6-10(14)4-5-12(11)15)16-13-8(2)17-18-9(13)3/h4-7,16H,1-3H3,(H,17,18). The van der Waals surface area contributed by atoms with Gasteiger partial charge in [-0.2, -0.15) is 5.10 Å². The molecule has 5 heteroatoms. The number of rotatable bonds is 3. The van der Waals surface area contributed by atoms with E-state index in [9.17, 15) is 0 Å². The van der Waals surface area contributed by atoms with Crippen LogP contribution in [0.5, 0.6) is 0 Å². The quantitative estimate of drug-likeness (QED) is 0.870. The molecule has 0 aliphatic rings. The van der Waals surface area contributed by atoms with Crippen molar-refractivity contribution in [1.29, 1.82) is 0 Å². The molecule has 3 nitrogen and oxygen atoms in total. The summed E-state index contributed by atoms with van der Waals surface area (Å²) in [7, 11) is 0. The lowest BCUT2D eigenvalue weighted by Crippen LogP contribution is -2.08. The van der Waals surface area contributed by atoms with Crippen LogP contribution >= 0.6 is 23.2 Å². The number of hydrogen-bond acceptors (Lipinski definition) is 2. The van der Waals surface area contributed by atoms with Crippen LogP contribution in [0.1, 0.15) is 29.9 Å². The minimum absolute atomic E-state index is 0.0613. The van der Waals surface area contributed by atoms with E-state index >= 15 is 0 Å². The fourth-order valence-corrected chi connectivity index (χ4v) is 2.37. The summed E-state index contributed by atoms with van der Waals surface area (Å²) in [4.78, 5) is 0. The molecule has 0 radical (unpaired) electrons. The summed E-state index contributed by atoms with van der Waals surface area (Å²) in [6, 6.07) is 5.54. The highest BCUT2D eigenvalue weighted by Gasteiger charge is 2.14. The number of anilines is 1. The molecule has 2 N–H and O–H groups in total. The summed E-state index contributed by atoms with van der Waals surface area (Å²) in [6.45, 7) is 5.98. The smallest absolute Gasteiger partial charge is 0.0825 e. The van der Waals surface area contributed by atoms with Crippen LogP contribution in [0.2, 0.25) is 10.0 Å². The normalized spacial score (nSPS) is 12.5. The zero-order valence-corrected chi connectivity index (χ0v) is 12.0. The van der Waals surface area contributed by atoms with Gasteiger partial charge in [0.2, 0.25) is 0 Å². The van der Waals surface area contributed by atoms with Crippen molar-refractivity contribution in [3.05, 3.63) is 45.2 Å². The number of nitrogens with one attached hydrogen (secondary N) is 2. The number of benzene rings is 1. The Morgan fingerprint density at radius 3 is 2.61 bits per heavy atom. The summed E-state index contributed by atoms with van der Waals surface area (Å²) in [5.74, 6) is 0. The average Bonchev–Trinajstić information content (AvgIpc) is 2.64. The van der Waals surface area contributed by atoms with Gasteiger partial charge in [-0.25, -0.2) is 0 Å². The summed E-state index contributed by atoms with van der Waals surface area (Å²) in [6.07, 6.45) is 0. The summed E-state index contributed by atoms with van der Waals surface area (Å²) >= 11 is 12.2. The SMILES string of the molecule is Cc1n[nH]c(C)c1NC(C)c1cc(Cl)ccc1Cl. The van der Waals surface area contributed by atoms with Crippen LogP contribution in [0.25, 0.3) is 0 Å². The molecule has 0 spiro atoms. The molecule has 0 aliphatic carbocycles. The molecule has 0 bridgehead atoms. The molecular formula is C13H15Cl2N3. The summed E-state index contributed by atoms with van der Waals surface area (Å²) in [5.41, 5.74) is 3.94. The van der Waals surface area contributed by atoms with E-state index in [0.29, 0.717) is 10.0 Å². The third-order valence-corrected chi connectivity index (χ3v) is 3.49. The van der Waals surface area contributed by atoms with Gasteiger partial charge in [0.1, 0.15) is 0 Å². The van der Waals surface area contributed by atoms with Crippen molar-refractivity contribution in [2.75, 3.05) is 5.32 Å². The molecule has 96 valence electrons. The van der Waals surface area contributed by atoms with Gasteiger partial charge in [0, 0.05) is 10.0 Å². The maximum Gasteiger partial charge on any atom is 0.0825 e. The van der Waals surface area contributed by atoms with E-state index in [0.717, 1.165) is 22.6 Å². The van der Waals surface area contributed by atoms with E-state index in [1.807, 2.05) is 32.9 Å². The van der Waals surface area contributed by atoms with Gasteiger partial charge in [0.15, 0.2) is 0 Å². The number of hydrogen-bond donors (Lipinski definition) is 2. The first-order valence-corrected chi connectivity index (χ1v) is 6.47. The molecule has 0 saturated carbocycles. The number of halogens is 2. The molecule has 2 rings (SSSR count). The maximum atomic E-state index is 6.19. The molecular weight excluding hydrogens is 269 g/mol. The van der Waals surface area contributed by atoms with Gasteiger partial charge in [0.05, 0.1) is 23.1 Å².